The van der Waals surface area contributed by atoms with Crippen LogP contribution >= 0.6 is 11.3 Å². The summed E-state index contributed by atoms with van der Waals surface area (Å²) < 4.78 is 6.77. The molecule has 0 radical (unpaired) electrons. The van der Waals surface area contributed by atoms with Gasteiger partial charge in [-0.25, -0.2) is 9.78 Å². The van der Waals surface area contributed by atoms with Crippen molar-refractivity contribution in [2.24, 2.45) is 5.92 Å². The van der Waals surface area contributed by atoms with Crippen molar-refractivity contribution in [3.05, 3.63) is 27.1 Å². The third kappa shape index (κ3) is 2.99. The van der Waals surface area contributed by atoms with Gasteiger partial charge in [0.2, 0.25) is 0 Å². The predicted molar refractivity (Wildman–Crippen MR) is 95.6 cm³/mol. The van der Waals surface area contributed by atoms with Crippen molar-refractivity contribution in [3.8, 4) is 0 Å². The number of nitrogens with zero attached hydrogens (tertiary/aromatic N) is 2. The molecule has 0 spiro atoms. The summed E-state index contributed by atoms with van der Waals surface area (Å²) >= 11 is 1.62. The molecule has 3 rings (SSSR count). The lowest BCUT2D eigenvalue weighted by Gasteiger charge is -2.19. The molecule has 2 heterocycles. The maximum absolute atomic E-state index is 13.1. The first kappa shape index (κ1) is 17.1. The van der Waals surface area contributed by atoms with Gasteiger partial charge in [0.1, 0.15) is 10.9 Å². The quantitative estimate of drug-likeness (QED) is 0.794. The number of carbonyl (C=O) groups excluding carboxylic acids is 1. The average molecular weight is 348 g/mol. The van der Waals surface area contributed by atoms with Crippen LogP contribution in [0.4, 0.5) is 0 Å². The van der Waals surface area contributed by atoms with Gasteiger partial charge in [0.05, 0.1) is 17.8 Å². The Kier molecular flexibility index (Phi) is 4.76. The van der Waals surface area contributed by atoms with Crippen molar-refractivity contribution in [2.45, 2.75) is 65.5 Å². The van der Waals surface area contributed by atoms with E-state index in [4.69, 9.17) is 4.74 Å². The van der Waals surface area contributed by atoms with Gasteiger partial charge in [-0.1, -0.05) is 13.8 Å². The monoisotopic (exact) mass is 348 g/mol. The summed E-state index contributed by atoms with van der Waals surface area (Å²) in [6.07, 6.45) is 4.84. The predicted octanol–water partition coefficient (Wildman–Crippen LogP) is 3.49. The lowest BCUT2D eigenvalue weighted by Crippen LogP contribution is -2.32. The van der Waals surface area contributed by atoms with E-state index >= 15 is 0 Å². The van der Waals surface area contributed by atoms with E-state index in [1.54, 1.807) is 11.3 Å². The van der Waals surface area contributed by atoms with Crippen LogP contribution in [0, 0.1) is 5.92 Å². The Morgan fingerprint density at radius 1 is 1.50 bits per heavy atom. The first-order chi connectivity index (χ1) is 11.4. The molecule has 0 fully saturated rings. The first-order valence-corrected chi connectivity index (χ1v) is 9.45. The van der Waals surface area contributed by atoms with E-state index in [-0.39, 0.29) is 17.6 Å². The lowest BCUT2D eigenvalue weighted by atomic mass is 9.89. The molecular weight excluding hydrogens is 324 g/mol. The number of ether oxygens (including phenoxy) is 1. The lowest BCUT2D eigenvalue weighted by molar-refractivity contribution is -0.151. The fraction of sp³-hybridized carbons (Fsp3) is 0.611. The number of carbonyl (C=O) groups is 1. The maximum Gasteiger partial charge on any atom is 0.329 e. The van der Waals surface area contributed by atoms with Crippen LogP contribution in [0.15, 0.2) is 11.1 Å². The van der Waals surface area contributed by atoms with Crippen molar-refractivity contribution in [2.75, 3.05) is 0 Å². The molecule has 0 saturated carbocycles. The van der Waals surface area contributed by atoms with E-state index in [1.165, 1.54) is 15.8 Å². The van der Waals surface area contributed by atoms with Gasteiger partial charge in [0.25, 0.3) is 5.56 Å². The van der Waals surface area contributed by atoms with Gasteiger partial charge in [0.15, 0.2) is 0 Å². The van der Waals surface area contributed by atoms with E-state index in [0.717, 1.165) is 29.7 Å². The SMILES string of the molecule is CCC(C(=O)OC(C)C)n1cnc2sc3c(c2c1=O)CCC(C)C3. The Balaban J connectivity index is 2.08. The van der Waals surface area contributed by atoms with Crippen LogP contribution in [0.2, 0.25) is 0 Å². The van der Waals surface area contributed by atoms with Crippen LogP contribution in [0.5, 0.6) is 0 Å². The molecule has 2 aromatic heterocycles. The molecule has 0 aliphatic heterocycles. The second-order valence-electron chi connectivity index (χ2n) is 6.90. The summed E-state index contributed by atoms with van der Waals surface area (Å²) in [5.41, 5.74) is 1.03. The van der Waals surface area contributed by atoms with Crippen molar-refractivity contribution in [3.63, 3.8) is 0 Å². The van der Waals surface area contributed by atoms with Gasteiger partial charge in [-0.15, -0.1) is 11.3 Å². The fourth-order valence-electron chi connectivity index (χ4n) is 3.35. The average Bonchev–Trinajstić information content (AvgIpc) is 2.87. The van der Waals surface area contributed by atoms with Gasteiger partial charge >= 0.3 is 5.97 Å². The highest BCUT2D eigenvalue weighted by Crippen LogP contribution is 2.35. The smallest absolute Gasteiger partial charge is 0.329 e. The van der Waals surface area contributed by atoms with Crippen LogP contribution in [-0.2, 0) is 22.4 Å². The minimum Gasteiger partial charge on any atom is -0.461 e. The summed E-state index contributed by atoms with van der Waals surface area (Å²) in [6.45, 7) is 7.75. The van der Waals surface area contributed by atoms with Gasteiger partial charge in [-0.3, -0.25) is 9.36 Å². The molecule has 0 saturated heterocycles. The summed E-state index contributed by atoms with van der Waals surface area (Å²) in [7, 11) is 0. The van der Waals surface area contributed by atoms with E-state index in [9.17, 15) is 9.59 Å². The number of aryl methyl sites for hydroxylation is 1. The Labute approximate surface area is 145 Å². The Morgan fingerprint density at radius 3 is 2.92 bits per heavy atom. The van der Waals surface area contributed by atoms with Gasteiger partial charge in [-0.2, -0.15) is 0 Å². The molecule has 2 atom stereocenters. The molecule has 0 amide bonds. The highest BCUT2D eigenvalue weighted by molar-refractivity contribution is 7.18. The highest BCUT2D eigenvalue weighted by Gasteiger charge is 2.27. The molecule has 5 nitrogen and oxygen atoms in total. The third-order valence-electron chi connectivity index (χ3n) is 4.59. The normalized spacial score (nSPS) is 18.6. The number of aromatic nitrogens is 2. The summed E-state index contributed by atoms with van der Waals surface area (Å²) in [4.78, 5) is 31.9. The van der Waals surface area contributed by atoms with Crippen molar-refractivity contribution < 1.29 is 9.53 Å². The number of hydrogen-bond donors (Lipinski definition) is 0. The molecule has 1 aliphatic rings. The molecule has 1 aliphatic carbocycles. The van der Waals surface area contributed by atoms with E-state index < -0.39 is 6.04 Å². The molecule has 2 unspecified atom stereocenters. The standard InChI is InChI=1S/C18H24N2O3S/c1-5-13(18(22)23-10(2)3)20-9-19-16-15(17(20)21)12-7-6-11(4)8-14(12)24-16/h9-11,13H,5-8H2,1-4H3. The summed E-state index contributed by atoms with van der Waals surface area (Å²) in [6, 6.07) is -0.616. The first-order valence-electron chi connectivity index (χ1n) is 8.64. The second-order valence-corrected chi connectivity index (χ2v) is 7.98. The number of hydrogen-bond acceptors (Lipinski definition) is 5. The zero-order valence-electron chi connectivity index (χ0n) is 14.7. The minimum absolute atomic E-state index is 0.111. The molecule has 2 aromatic rings. The maximum atomic E-state index is 13.1. The Hall–Kier alpha value is -1.69. The van der Waals surface area contributed by atoms with Crippen LogP contribution in [0.3, 0.4) is 0 Å². The number of rotatable bonds is 4. The van der Waals surface area contributed by atoms with Crippen molar-refractivity contribution in [1.82, 2.24) is 9.55 Å². The van der Waals surface area contributed by atoms with Crippen LogP contribution in [0.1, 0.15) is 57.0 Å². The molecule has 24 heavy (non-hydrogen) atoms. The molecule has 0 bridgehead atoms. The molecule has 0 N–H and O–H groups in total. The zero-order chi connectivity index (χ0) is 17.4. The van der Waals surface area contributed by atoms with Crippen molar-refractivity contribution >= 4 is 27.5 Å². The van der Waals surface area contributed by atoms with E-state index in [1.807, 2.05) is 20.8 Å². The number of thiophene rings is 1. The number of esters is 1. The zero-order valence-corrected chi connectivity index (χ0v) is 15.5. The Bertz CT molecular complexity index is 822. The molecule has 0 aromatic carbocycles. The fourth-order valence-corrected chi connectivity index (χ4v) is 4.69. The third-order valence-corrected chi connectivity index (χ3v) is 5.75. The van der Waals surface area contributed by atoms with E-state index in [2.05, 4.69) is 11.9 Å². The van der Waals surface area contributed by atoms with Crippen LogP contribution in [-0.4, -0.2) is 21.6 Å². The van der Waals surface area contributed by atoms with Gasteiger partial charge in [-0.05, 0) is 51.0 Å². The summed E-state index contributed by atoms with van der Waals surface area (Å²) in [5.74, 6) is 0.283. The molecule has 130 valence electrons. The van der Waals surface area contributed by atoms with Gasteiger partial charge < -0.3 is 4.74 Å². The minimum atomic E-state index is -0.616. The molecule has 6 heteroatoms. The topological polar surface area (TPSA) is 61.2 Å². The Morgan fingerprint density at radius 2 is 2.25 bits per heavy atom. The summed E-state index contributed by atoms with van der Waals surface area (Å²) in [5, 5.41) is 0.709. The molecular formula is C18H24N2O3S. The van der Waals surface area contributed by atoms with E-state index in [0.29, 0.717) is 17.7 Å². The van der Waals surface area contributed by atoms with Crippen molar-refractivity contribution in [1.29, 1.82) is 0 Å². The van der Waals surface area contributed by atoms with Crippen LogP contribution < -0.4 is 5.56 Å². The van der Waals surface area contributed by atoms with Gasteiger partial charge in [0, 0.05) is 4.88 Å². The number of fused-ring (bicyclic) bond motifs is 3. The largest absolute Gasteiger partial charge is 0.461 e. The highest BCUT2D eigenvalue weighted by atomic mass is 32.1. The van der Waals surface area contributed by atoms with Crippen LogP contribution in [0.25, 0.3) is 10.2 Å². The second kappa shape index (κ2) is 6.67.